The average Bonchev–Trinajstić information content (AvgIpc) is 2.52. The van der Waals surface area contributed by atoms with Gasteiger partial charge in [0.25, 0.3) is 0 Å². The second kappa shape index (κ2) is 7.52. The first-order chi connectivity index (χ1) is 9.36. The van der Waals surface area contributed by atoms with Gasteiger partial charge in [-0.2, -0.15) is 0 Å². The van der Waals surface area contributed by atoms with Gasteiger partial charge in [-0.25, -0.2) is 0 Å². The van der Waals surface area contributed by atoms with Gasteiger partial charge in [0.15, 0.2) is 0 Å². The highest BCUT2D eigenvalue weighted by Gasteiger charge is 2.02. The Balaban J connectivity index is 0.000000415. The highest BCUT2D eigenvalue weighted by Crippen LogP contribution is 2.26. The Morgan fingerprint density at radius 2 is 1.42 bits per heavy atom. The fourth-order valence-corrected chi connectivity index (χ4v) is 2.12. The number of aromatic nitrogens is 1. The average molecular weight is 253 g/mol. The van der Waals surface area contributed by atoms with Crippen molar-refractivity contribution in [2.75, 3.05) is 0 Å². The molecule has 1 nitrogen and oxygen atoms in total. The van der Waals surface area contributed by atoms with Gasteiger partial charge < -0.3 is 0 Å². The molecule has 3 rings (SSSR count). The van der Waals surface area contributed by atoms with Gasteiger partial charge in [-0.05, 0) is 40.8 Å². The van der Waals surface area contributed by atoms with Crippen molar-refractivity contribution in [3.05, 3.63) is 54.4 Å². The van der Waals surface area contributed by atoms with Gasteiger partial charge in [0, 0.05) is 17.8 Å². The monoisotopic (exact) mass is 253 g/mol. The fourth-order valence-electron chi connectivity index (χ4n) is 2.12. The number of rotatable bonds is 0. The zero-order valence-electron chi connectivity index (χ0n) is 12.6. The predicted octanol–water partition coefficient (Wildman–Crippen LogP) is 5.75. The fraction of sp³-hybridized carbons (Fsp3) is 0.278. The lowest BCUT2D eigenvalue weighted by Crippen LogP contribution is -1.83. The SMILES string of the molecule is CC.CC.Cc1c2ccccc2cc2ccncc12. The molecule has 0 saturated carbocycles. The Kier molecular flexibility index (Phi) is 6.01. The van der Waals surface area contributed by atoms with Crippen LogP contribution in [0.2, 0.25) is 0 Å². The molecule has 0 bridgehead atoms. The summed E-state index contributed by atoms with van der Waals surface area (Å²) < 4.78 is 0. The summed E-state index contributed by atoms with van der Waals surface area (Å²) in [5.41, 5.74) is 1.32. The van der Waals surface area contributed by atoms with Gasteiger partial charge in [-0.1, -0.05) is 52.0 Å². The Hall–Kier alpha value is -1.89. The maximum absolute atomic E-state index is 4.18. The van der Waals surface area contributed by atoms with Crippen LogP contribution in [-0.2, 0) is 0 Å². The van der Waals surface area contributed by atoms with E-state index in [-0.39, 0.29) is 0 Å². The van der Waals surface area contributed by atoms with Crippen LogP contribution in [0, 0.1) is 6.92 Å². The van der Waals surface area contributed by atoms with Crippen LogP contribution in [0.15, 0.2) is 48.8 Å². The Morgan fingerprint density at radius 1 is 0.789 bits per heavy atom. The smallest absolute Gasteiger partial charge is 0.0349 e. The molecule has 0 N–H and O–H groups in total. The minimum Gasteiger partial charge on any atom is -0.264 e. The number of benzene rings is 2. The van der Waals surface area contributed by atoms with Gasteiger partial charge >= 0.3 is 0 Å². The first-order valence-electron chi connectivity index (χ1n) is 7.08. The van der Waals surface area contributed by atoms with Gasteiger partial charge in [0.2, 0.25) is 0 Å². The number of nitrogens with zero attached hydrogens (tertiary/aromatic N) is 1. The van der Waals surface area contributed by atoms with Gasteiger partial charge in [0.05, 0.1) is 0 Å². The summed E-state index contributed by atoms with van der Waals surface area (Å²) in [5.74, 6) is 0. The second-order valence-corrected chi connectivity index (χ2v) is 3.82. The molecule has 0 radical (unpaired) electrons. The number of aryl methyl sites for hydroxylation is 1. The third kappa shape index (κ3) is 3.11. The topological polar surface area (TPSA) is 12.9 Å². The Labute approximate surface area is 116 Å². The van der Waals surface area contributed by atoms with E-state index in [0.29, 0.717) is 0 Å². The number of hydrogen-bond acceptors (Lipinski definition) is 1. The van der Waals surface area contributed by atoms with E-state index in [9.17, 15) is 0 Å². The van der Waals surface area contributed by atoms with Crippen molar-refractivity contribution in [2.24, 2.45) is 0 Å². The predicted molar refractivity (Wildman–Crippen MR) is 86.7 cm³/mol. The lowest BCUT2D eigenvalue weighted by atomic mass is 9.99. The first-order valence-corrected chi connectivity index (χ1v) is 7.08. The molecule has 1 heteroatoms. The van der Waals surface area contributed by atoms with Crippen LogP contribution in [0.3, 0.4) is 0 Å². The zero-order valence-corrected chi connectivity index (χ0v) is 12.6. The van der Waals surface area contributed by atoms with Gasteiger partial charge in [-0.15, -0.1) is 0 Å². The second-order valence-electron chi connectivity index (χ2n) is 3.82. The molecule has 0 aliphatic carbocycles. The van der Waals surface area contributed by atoms with Crippen molar-refractivity contribution >= 4 is 21.5 Å². The zero-order chi connectivity index (χ0) is 14.3. The summed E-state index contributed by atoms with van der Waals surface area (Å²) in [7, 11) is 0. The summed E-state index contributed by atoms with van der Waals surface area (Å²) in [6.45, 7) is 10.2. The van der Waals surface area contributed by atoms with E-state index in [2.05, 4.69) is 48.3 Å². The normalized spacial score (nSPS) is 9.32. The van der Waals surface area contributed by atoms with Crippen molar-refractivity contribution in [2.45, 2.75) is 34.6 Å². The number of pyridine rings is 1. The molecule has 3 aromatic rings. The molecule has 1 heterocycles. The van der Waals surface area contributed by atoms with Crippen LogP contribution in [0.1, 0.15) is 33.3 Å². The van der Waals surface area contributed by atoms with E-state index in [4.69, 9.17) is 0 Å². The van der Waals surface area contributed by atoms with E-state index in [1.165, 1.54) is 27.1 Å². The lowest BCUT2D eigenvalue weighted by Gasteiger charge is -2.06. The molecule has 100 valence electrons. The first kappa shape index (κ1) is 15.2. The molecular weight excluding hydrogens is 230 g/mol. The molecule has 1 aromatic heterocycles. The van der Waals surface area contributed by atoms with Crippen molar-refractivity contribution in [1.82, 2.24) is 4.98 Å². The maximum Gasteiger partial charge on any atom is 0.0349 e. The molecular formula is C18H23N. The highest BCUT2D eigenvalue weighted by molar-refractivity contribution is 6.01. The molecule has 2 aromatic carbocycles. The van der Waals surface area contributed by atoms with Crippen LogP contribution >= 0.6 is 0 Å². The van der Waals surface area contributed by atoms with Gasteiger partial charge in [0.1, 0.15) is 0 Å². The van der Waals surface area contributed by atoms with Crippen molar-refractivity contribution in [3.63, 3.8) is 0 Å². The van der Waals surface area contributed by atoms with Crippen LogP contribution < -0.4 is 0 Å². The maximum atomic E-state index is 4.18. The standard InChI is InChI=1S/C14H11N.2C2H6/c1-10-13-5-3-2-4-11(13)8-12-6-7-15-9-14(10)12;2*1-2/h2-9H,1H3;2*1-2H3. The molecule has 0 spiro atoms. The van der Waals surface area contributed by atoms with Crippen molar-refractivity contribution in [1.29, 1.82) is 0 Å². The van der Waals surface area contributed by atoms with Crippen LogP contribution in [-0.4, -0.2) is 4.98 Å². The Bertz CT molecular complexity index is 587. The number of hydrogen-bond donors (Lipinski definition) is 0. The molecule has 0 atom stereocenters. The molecule has 0 aliphatic heterocycles. The molecule has 0 amide bonds. The molecule has 0 unspecified atom stereocenters. The Morgan fingerprint density at radius 3 is 2.16 bits per heavy atom. The lowest BCUT2D eigenvalue weighted by molar-refractivity contribution is 1.36. The number of fused-ring (bicyclic) bond motifs is 2. The van der Waals surface area contributed by atoms with E-state index < -0.39 is 0 Å². The molecule has 0 saturated heterocycles. The largest absolute Gasteiger partial charge is 0.264 e. The minimum absolute atomic E-state index is 1.25. The van der Waals surface area contributed by atoms with Crippen molar-refractivity contribution < 1.29 is 0 Å². The van der Waals surface area contributed by atoms with Crippen LogP contribution in [0.25, 0.3) is 21.5 Å². The summed E-state index contributed by atoms with van der Waals surface area (Å²) in [5, 5.41) is 5.13. The summed E-state index contributed by atoms with van der Waals surface area (Å²) in [4.78, 5) is 4.18. The van der Waals surface area contributed by atoms with E-state index >= 15 is 0 Å². The van der Waals surface area contributed by atoms with Gasteiger partial charge in [-0.3, -0.25) is 4.98 Å². The third-order valence-corrected chi connectivity index (χ3v) is 2.93. The minimum atomic E-state index is 1.25. The summed E-state index contributed by atoms with van der Waals surface area (Å²) >= 11 is 0. The molecule has 0 fully saturated rings. The van der Waals surface area contributed by atoms with E-state index in [0.717, 1.165) is 0 Å². The van der Waals surface area contributed by atoms with Crippen LogP contribution in [0.4, 0.5) is 0 Å². The molecule has 19 heavy (non-hydrogen) atoms. The van der Waals surface area contributed by atoms with Crippen molar-refractivity contribution in [3.8, 4) is 0 Å². The highest BCUT2D eigenvalue weighted by atomic mass is 14.6. The van der Waals surface area contributed by atoms with Crippen LogP contribution in [0.5, 0.6) is 0 Å². The quantitative estimate of drug-likeness (QED) is 0.465. The summed E-state index contributed by atoms with van der Waals surface area (Å²) in [6.07, 6.45) is 3.79. The molecule has 0 aliphatic rings. The third-order valence-electron chi connectivity index (χ3n) is 2.93. The van der Waals surface area contributed by atoms with E-state index in [1.54, 1.807) is 0 Å². The van der Waals surface area contributed by atoms with E-state index in [1.807, 2.05) is 40.1 Å². The summed E-state index contributed by atoms with van der Waals surface area (Å²) in [6, 6.07) is 12.8.